The van der Waals surface area contributed by atoms with Crippen LogP contribution in [0.3, 0.4) is 0 Å². The first kappa shape index (κ1) is 16.8. The van der Waals surface area contributed by atoms with E-state index in [-0.39, 0.29) is 18.1 Å². The maximum Gasteiger partial charge on any atom is 0.347 e. The molecular formula is C19H18O6. The predicted octanol–water partition coefficient (Wildman–Crippen LogP) is 3.53. The lowest BCUT2D eigenvalue weighted by Crippen LogP contribution is -2.26. The Balaban J connectivity index is 1.84. The first-order chi connectivity index (χ1) is 12.0. The van der Waals surface area contributed by atoms with Crippen LogP contribution in [0.2, 0.25) is 0 Å². The summed E-state index contributed by atoms with van der Waals surface area (Å²) >= 11 is 0. The average Bonchev–Trinajstić information content (AvgIpc) is 3.17. The van der Waals surface area contributed by atoms with E-state index >= 15 is 0 Å². The molecule has 0 bridgehead atoms. The summed E-state index contributed by atoms with van der Waals surface area (Å²) < 4.78 is 21.4. The van der Waals surface area contributed by atoms with Gasteiger partial charge in [0.15, 0.2) is 11.9 Å². The molecular weight excluding hydrogens is 324 g/mol. The number of carbonyl (C=O) groups is 2. The third-order valence-corrected chi connectivity index (χ3v) is 3.69. The summed E-state index contributed by atoms with van der Waals surface area (Å²) in [4.78, 5) is 24.2. The van der Waals surface area contributed by atoms with Gasteiger partial charge in [-0.05, 0) is 44.5 Å². The van der Waals surface area contributed by atoms with Gasteiger partial charge < -0.3 is 18.6 Å². The number of furan rings is 1. The molecule has 1 aromatic heterocycles. The molecule has 6 nitrogen and oxygen atoms in total. The molecule has 0 aliphatic carbocycles. The molecule has 1 aliphatic rings. The molecule has 0 saturated carbocycles. The standard InChI is InChI=1S/C19H18O6/c1-4-22-19(21)12(3)24-14-8-11(2)17-15(10-14)25-16(18(17)20)9-13-6-5-7-23-13/h5-10,12H,4H2,1-3H3/b16-9-. The van der Waals surface area contributed by atoms with Crippen molar-refractivity contribution >= 4 is 17.8 Å². The smallest absolute Gasteiger partial charge is 0.347 e. The van der Waals surface area contributed by atoms with Crippen molar-refractivity contribution in [1.82, 2.24) is 0 Å². The van der Waals surface area contributed by atoms with Gasteiger partial charge in [-0.3, -0.25) is 4.79 Å². The Bertz CT molecular complexity index is 832. The van der Waals surface area contributed by atoms with Gasteiger partial charge >= 0.3 is 5.97 Å². The monoisotopic (exact) mass is 342 g/mol. The van der Waals surface area contributed by atoms with Crippen LogP contribution in [0.15, 0.2) is 40.7 Å². The molecule has 0 N–H and O–H groups in total. The number of hydrogen-bond acceptors (Lipinski definition) is 6. The number of aryl methyl sites for hydroxylation is 1. The van der Waals surface area contributed by atoms with E-state index in [1.54, 1.807) is 51.1 Å². The molecule has 6 heteroatoms. The number of fused-ring (bicyclic) bond motifs is 1. The lowest BCUT2D eigenvalue weighted by atomic mass is 10.0. The van der Waals surface area contributed by atoms with Crippen molar-refractivity contribution in [2.24, 2.45) is 0 Å². The summed E-state index contributed by atoms with van der Waals surface area (Å²) in [6.07, 6.45) is 2.31. The van der Waals surface area contributed by atoms with Gasteiger partial charge in [-0.25, -0.2) is 4.79 Å². The van der Waals surface area contributed by atoms with Gasteiger partial charge in [0.25, 0.3) is 0 Å². The fraction of sp³-hybridized carbons (Fsp3) is 0.263. The second kappa shape index (κ2) is 6.84. The summed E-state index contributed by atoms with van der Waals surface area (Å²) in [5.74, 6) is 0.882. The van der Waals surface area contributed by atoms with Crippen LogP contribution in [0.25, 0.3) is 6.08 Å². The molecule has 1 aromatic carbocycles. The quantitative estimate of drug-likeness (QED) is 0.611. The van der Waals surface area contributed by atoms with Crippen molar-refractivity contribution in [1.29, 1.82) is 0 Å². The van der Waals surface area contributed by atoms with Crippen molar-refractivity contribution < 1.29 is 28.2 Å². The van der Waals surface area contributed by atoms with Gasteiger partial charge in [-0.15, -0.1) is 0 Å². The normalized spacial score (nSPS) is 15.6. The minimum absolute atomic E-state index is 0.184. The van der Waals surface area contributed by atoms with E-state index in [9.17, 15) is 9.59 Å². The molecule has 0 amide bonds. The van der Waals surface area contributed by atoms with Crippen LogP contribution in [0.1, 0.15) is 35.5 Å². The van der Waals surface area contributed by atoms with Crippen LogP contribution in [0.4, 0.5) is 0 Å². The summed E-state index contributed by atoms with van der Waals surface area (Å²) in [7, 11) is 0. The second-order valence-electron chi connectivity index (χ2n) is 5.58. The van der Waals surface area contributed by atoms with Crippen LogP contribution in [0, 0.1) is 6.92 Å². The molecule has 0 fully saturated rings. The van der Waals surface area contributed by atoms with Crippen LogP contribution in [-0.2, 0) is 9.53 Å². The molecule has 25 heavy (non-hydrogen) atoms. The maximum atomic E-state index is 12.5. The van der Waals surface area contributed by atoms with Crippen molar-refractivity contribution in [3.05, 3.63) is 53.2 Å². The Morgan fingerprint density at radius 1 is 1.36 bits per heavy atom. The van der Waals surface area contributed by atoms with Gasteiger partial charge in [0, 0.05) is 12.1 Å². The summed E-state index contributed by atoms with van der Waals surface area (Å²) in [5, 5.41) is 0. The van der Waals surface area contributed by atoms with Gasteiger partial charge in [0.1, 0.15) is 17.3 Å². The SMILES string of the molecule is CCOC(=O)C(C)Oc1cc(C)c2c(c1)O/C(=C\c1ccco1)C2=O. The first-order valence-corrected chi connectivity index (χ1v) is 7.95. The summed E-state index contributed by atoms with van der Waals surface area (Å²) in [6, 6.07) is 6.76. The predicted molar refractivity (Wildman–Crippen MR) is 89.5 cm³/mol. The largest absolute Gasteiger partial charge is 0.479 e. The van der Waals surface area contributed by atoms with Crippen LogP contribution >= 0.6 is 0 Å². The number of hydrogen-bond donors (Lipinski definition) is 0. The molecule has 2 aromatic rings. The van der Waals surface area contributed by atoms with Crippen molar-refractivity contribution in [2.75, 3.05) is 6.61 Å². The highest BCUT2D eigenvalue weighted by atomic mass is 16.6. The first-order valence-electron chi connectivity index (χ1n) is 7.95. The second-order valence-corrected chi connectivity index (χ2v) is 5.58. The lowest BCUT2D eigenvalue weighted by Gasteiger charge is -2.14. The number of rotatable bonds is 5. The average molecular weight is 342 g/mol. The Labute approximate surface area is 145 Å². The number of carbonyl (C=O) groups excluding carboxylic acids is 2. The van der Waals surface area contributed by atoms with Crippen molar-refractivity contribution in [3.63, 3.8) is 0 Å². The highest BCUT2D eigenvalue weighted by Crippen LogP contribution is 2.37. The van der Waals surface area contributed by atoms with Gasteiger partial charge in [-0.1, -0.05) is 0 Å². The molecule has 1 aliphatic heterocycles. The van der Waals surface area contributed by atoms with E-state index in [2.05, 4.69) is 0 Å². The van der Waals surface area contributed by atoms with E-state index in [1.807, 2.05) is 0 Å². The molecule has 0 saturated heterocycles. The third-order valence-electron chi connectivity index (χ3n) is 3.69. The van der Waals surface area contributed by atoms with E-state index in [4.69, 9.17) is 18.6 Å². The van der Waals surface area contributed by atoms with Crippen LogP contribution in [-0.4, -0.2) is 24.5 Å². The Morgan fingerprint density at radius 2 is 2.16 bits per heavy atom. The van der Waals surface area contributed by atoms with E-state index in [0.29, 0.717) is 28.4 Å². The molecule has 1 atom stereocenters. The molecule has 2 heterocycles. The van der Waals surface area contributed by atoms with Crippen molar-refractivity contribution in [3.8, 4) is 11.5 Å². The lowest BCUT2D eigenvalue weighted by molar-refractivity contribution is -0.150. The fourth-order valence-electron chi connectivity index (χ4n) is 2.56. The van der Waals surface area contributed by atoms with Gasteiger partial charge in [0.05, 0.1) is 18.4 Å². The highest BCUT2D eigenvalue weighted by Gasteiger charge is 2.30. The zero-order chi connectivity index (χ0) is 18.0. The van der Waals surface area contributed by atoms with Crippen molar-refractivity contribution in [2.45, 2.75) is 26.9 Å². The number of benzene rings is 1. The Hall–Kier alpha value is -3.02. The molecule has 0 spiro atoms. The zero-order valence-corrected chi connectivity index (χ0v) is 14.2. The number of allylic oxidation sites excluding steroid dienone is 1. The van der Waals surface area contributed by atoms with Crippen LogP contribution in [0.5, 0.6) is 11.5 Å². The summed E-state index contributed by atoms with van der Waals surface area (Å²) in [6.45, 7) is 5.41. The minimum Gasteiger partial charge on any atom is -0.479 e. The fourth-order valence-corrected chi connectivity index (χ4v) is 2.56. The molecule has 3 rings (SSSR count). The van der Waals surface area contributed by atoms with E-state index < -0.39 is 12.1 Å². The van der Waals surface area contributed by atoms with E-state index in [0.717, 1.165) is 0 Å². The number of Topliss-reactive ketones (excluding diaryl/α,β-unsaturated/α-hetero) is 1. The van der Waals surface area contributed by atoms with Gasteiger partial charge in [0.2, 0.25) is 5.78 Å². The maximum absolute atomic E-state index is 12.5. The molecule has 0 radical (unpaired) electrons. The molecule has 1 unspecified atom stereocenters. The number of ketones is 1. The number of esters is 1. The van der Waals surface area contributed by atoms with E-state index in [1.165, 1.54) is 6.26 Å². The molecule has 130 valence electrons. The highest BCUT2D eigenvalue weighted by molar-refractivity contribution is 6.15. The van der Waals surface area contributed by atoms with Crippen LogP contribution < -0.4 is 9.47 Å². The zero-order valence-electron chi connectivity index (χ0n) is 14.2. The number of ether oxygens (including phenoxy) is 3. The minimum atomic E-state index is -0.757. The Morgan fingerprint density at radius 3 is 2.84 bits per heavy atom. The van der Waals surface area contributed by atoms with Gasteiger partial charge in [-0.2, -0.15) is 0 Å². The topological polar surface area (TPSA) is 75.0 Å². The third kappa shape index (κ3) is 3.42. The Kier molecular flexibility index (Phi) is 4.61. The summed E-state index contributed by atoms with van der Waals surface area (Å²) in [5.41, 5.74) is 1.19.